The van der Waals surface area contributed by atoms with Gasteiger partial charge in [-0.1, -0.05) is 55.8 Å². The van der Waals surface area contributed by atoms with Crippen LogP contribution in [0.15, 0.2) is 42.0 Å². The lowest BCUT2D eigenvalue weighted by Gasteiger charge is -2.55. The van der Waals surface area contributed by atoms with Crippen molar-refractivity contribution in [2.45, 2.75) is 33.8 Å². The summed E-state index contributed by atoms with van der Waals surface area (Å²) in [5, 5.41) is 0. The molecule has 1 fully saturated rings. The maximum Gasteiger partial charge on any atom is 0.302 e. The Morgan fingerprint density at radius 1 is 1.30 bits per heavy atom. The molecule has 5 unspecified atom stereocenters. The minimum absolute atomic E-state index is 0.0837. The van der Waals surface area contributed by atoms with Gasteiger partial charge >= 0.3 is 5.97 Å². The zero-order valence-electron chi connectivity index (χ0n) is 14.4. The lowest BCUT2D eigenvalue weighted by Crippen LogP contribution is -2.54. The van der Waals surface area contributed by atoms with Crippen LogP contribution in [0.2, 0.25) is 0 Å². The van der Waals surface area contributed by atoms with Gasteiger partial charge in [-0.2, -0.15) is 0 Å². The number of fused-ring (bicyclic) bond motifs is 2. The molecule has 5 atom stereocenters. The van der Waals surface area contributed by atoms with Gasteiger partial charge in [0.1, 0.15) is 0 Å². The van der Waals surface area contributed by atoms with E-state index in [1.54, 1.807) is 0 Å². The molecule has 0 N–H and O–H groups in total. The Morgan fingerprint density at radius 3 is 2.65 bits per heavy atom. The summed E-state index contributed by atoms with van der Waals surface area (Å²) in [6.45, 7) is 9.25. The molecule has 0 radical (unpaired) electrons. The summed E-state index contributed by atoms with van der Waals surface area (Å²) >= 11 is 0. The van der Waals surface area contributed by atoms with Crippen LogP contribution in [-0.2, 0) is 14.3 Å². The van der Waals surface area contributed by atoms with Crippen LogP contribution in [0.1, 0.15) is 39.4 Å². The van der Waals surface area contributed by atoms with Gasteiger partial charge in [-0.25, -0.2) is 0 Å². The van der Waals surface area contributed by atoms with E-state index in [1.807, 2.05) is 6.07 Å². The Hall–Kier alpha value is -1.61. The van der Waals surface area contributed by atoms with Crippen molar-refractivity contribution >= 4 is 5.97 Å². The number of ether oxygens (including phenoxy) is 2. The summed E-state index contributed by atoms with van der Waals surface area (Å²) in [5.74, 6) is 0.857. The van der Waals surface area contributed by atoms with Crippen molar-refractivity contribution in [3.8, 4) is 0 Å². The van der Waals surface area contributed by atoms with E-state index in [0.29, 0.717) is 31.0 Å². The number of rotatable bonds is 3. The summed E-state index contributed by atoms with van der Waals surface area (Å²) < 4.78 is 11.8. The van der Waals surface area contributed by atoms with Crippen molar-refractivity contribution in [1.82, 2.24) is 0 Å². The molecule has 1 heterocycles. The van der Waals surface area contributed by atoms with Gasteiger partial charge in [0, 0.05) is 18.3 Å². The Balaban J connectivity index is 1.95. The van der Waals surface area contributed by atoms with Gasteiger partial charge in [-0.15, -0.1) is 0 Å². The second kappa shape index (κ2) is 6.12. The van der Waals surface area contributed by atoms with Crippen LogP contribution in [0.3, 0.4) is 0 Å². The highest BCUT2D eigenvalue weighted by atomic mass is 16.5. The minimum atomic E-state index is -0.216. The third kappa shape index (κ3) is 2.72. The standard InChI is InChI=1S/C20H26O3/c1-13-10-14(2)20(11-22-16(4)21)12-23-19(18(13)15(20)3)17-8-6-5-7-9-17/h5-10,14-15,18-19H,11-12H2,1-4H3. The first-order chi connectivity index (χ1) is 11.0. The number of esters is 1. The van der Waals surface area contributed by atoms with Gasteiger partial charge in [0.25, 0.3) is 0 Å². The van der Waals surface area contributed by atoms with Gasteiger partial charge in [0.15, 0.2) is 0 Å². The van der Waals surface area contributed by atoms with Crippen molar-refractivity contribution in [3.05, 3.63) is 47.5 Å². The first-order valence-electron chi connectivity index (χ1n) is 8.44. The van der Waals surface area contributed by atoms with Crippen LogP contribution >= 0.6 is 0 Å². The molecule has 2 aliphatic rings. The quantitative estimate of drug-likeness (QED) is 0.621. The van der Waals surface area contributed by atoms with E-state index in [1.165, 1.54) is 18.1 Å². The van der Waals surface area contributed by atoms with Crippen LogP contribution in [0.5, 0.6) is 0 Å². The van der Waals surface area contributed by atoms with Crippen molar-refractivity contribution in [3.63, 3.8) is 0 Å². The zero-order valence-corrected chi connectivity index (χ0v) is 14.4. The number of carbonyl (C=O) groups excluding carboxylic acids is 1. The fourth-order valence-corrected chi connectivity index (χ4v) is 4.44. The topological polar surface area (TPSA) is 35.5 Å². The van der Waals surface area contributed by atoms with Gasteiger partial charge in [0.05, 0.1) is 19.3 Å². The molecule has 2 bridgehead atoms. The van der Waals surface area contributed by atoms with Gasteiger partial charge in [0.2, 0.25) is 0 Å². The van der Waals surface area contributed by atoms with E-state index in [2.05, 4.69) is 51.1 Å². The smallest absolute Gasteiger partial charge is 0.302 e. The molecule has 0 amide bonds. The van der Waals surface area contributed by atoms with E-state index in [4.69, 9.17) is 9.47 Å². The third-order valence-corrected chi connectivity index (χ3v) is 5.92. The lowest BCUT2D eigenvalue weighted by atomic mass is 9.56. The highest BCUT2D eigenvalue weighted by Gasteiger charge is 2.54. The van der Waals surface area contributed by atoms with Crippen molar-refractivity contribution in [1.29, 1.82) is 0 Å². The first kappa shape index (κ1) is 16.3. The molecule has 1 aliphatic carbocycles. The maximum atomic E-state index is 11.3. The summed E-state index contributed by atoms with van der Waals surface area (Å²) in [6, 6.07) is 10.4. The normalized spacial score (nSPS) is 36.3. The summed E-state index contributed by atoms with van der Waals surface area (Å²) in [5.41, 5.74) is 2.49. The summed E-state index contributed by atoms with van der Waals surface area (Å²) in [7, 11) is 0. The van der Waals surface area contributed by atoms with Crippen LogP contribution in [-0.4, -0.2) is 19.2 Å². The number of hydrogen-bond donors (Lipinski definition) is 0. The number of benzene rings is 1. The number of hydrogen-bond acceptors (Lipinski definition) is 3. The Kier molecular flexibility index (Phi) is 4.33. The second-order valence-corrected chi connectivity index (χ2v) is 7.17. The molecule has 124 valence electrons. The fraction of sp³-hybridized carbons (Fsp3) is 0.550. The highest BCUT2D eigenvalue weighted by molar-refractivity contribution is 5.66. The Labute approximate surface area is 138 Å². The molecule has 1 aromatic rings. The fourth-order valence-electron chi connectivity index (χ4n) is 4.44. The van der Waals surface area contributed by atoms with E-state index in [9.17, 15) is 4.79 Å². The average Bonchev–Trinajstić information content (AvgIpc) is 2.52. The van der Waals surface area contributed by atoms with E-state index in [0.717, 1.165) is 0 Å². The molecule has 3 heteroatoms. The largest absolute Gasteiger partial charge is 0.465 e. The van der Waals surface area contributed by atoms with E-state index < -0.39 is 0 Å². The van der Waals surface area contributed by atoms with Gasteiger partial charge < -0.3 is 9.47 Å². The van der Waals surface area contributed by atoms with Crippen molar-refractivity contribution in [2.75, 3.05) is 13.2 Å². The molecule has 0 spiro atoms. The second-order valence-electron chi connectivity index (χ2n) is 7.17. The maximum absolute atomic E-state index is 11.3. The molecule has 3 nitrogen and oxygen atoms in total. The molecule has 1 saturated heterocycles. The average molecular weight is 314 g/mol. The highest BCUT2D eigenvalue weighted by Crippen LogP contribution is 2.56. The molecule has 1 aliphatic heterocycles. The number of allylic oxidation sites excluding steroid dienone is 1. The van der Waals surface area contributed by atoms with E-state index >= 15 is 0 Å². The number of carbonyl (C=O) groups is 1. The lowest BCUT2D eigenvalue weighted by molar-refractivity contribution is -0.180. The molecule has 1 aromatic carbocycles. The molecular formula is C20H26O3. The molecule has 0 saturated carbocycles. The molecule has 0 aromatic heterocycles. The molecule has 3 rings (SSSR count). The van der Waals surface area contributed by atoms with Crippen LogP contribution < -0.4 is 0 Å². The monoisotopic (exact) mass is 314 g/mol. The third-order valence-electron chi connectivity index (χ3n) is 5.92. The Morgan fingerprint density at radius 2 is 2.00 bits per heavy atom. The van der Waals surface area contributed by atoms with Crippen LogP contribution in [0, 0.1) is 23.2 Å². The summed E-state index contributed by atoms with van der Waals surface area (Å²) in [4.78, 5) is 11.3. The van der Waals surface area contributed by atoms with Gasteiger partial charge in [-0.05, 0) is 24.3 Å². The molecule has 23 heavy (non-hydrogen) atoms. The molecular weight excluding hydrogens is 288 g/mol. The Bertz CT molecular complexity index is 607. The SMILES string of the molecule is CC(=O)OCC12COC(c3ccccc3)C(C(C)=CC1C)C2C. The predicted molar refractivity (Wildman–Crippen MR) is 89.8 cm³/mol. The van der Waals surface area contributed by atoms with Crippen LogP contribution in [0.25, 0.3) is 0 Å². The van der Waals surface area contributed by atoms with Crippen molar-refractivity contribution in [2.24, 2.45) is 23.2 Å². The first-order valence-corrected chi connectivity index (χ1v) is 8.44. The predicted octanol–water partition coefficient (Wildman–Crippen LogP) is 4.16. The van der Waals surface area contributed by atoms with Crippen molar-refractivity contribution < 1.29 is 14.3 Å². The van der Waals surface area contributed by atoms with Gasteiger partial charge in [-0.3, -0.25) is 4.79 Å². The van der Waals surface area contributed by atoms with E-state index in [-0.39, 0.29) is 17.5 Å². The van der Waals surface area contributed by atoms with Crippen LogP contribution in [0.4, 0.5) is 0 Å². The zero-order chi connectivity index (χ0) is 16.6. The summed E-state index contributed by atoms with van der Waals surface area (Å²) in [6.07, 6.45) is 2.44. The minimum Gasteiger partial charge on any atom is -0.465 e.